The molecule has 6 heteroatoms. The summed E-state index contributed by atoms with van der Waals surface area (Å²) in [5, 5.41) is 0. The van der Waals surface area contributed by atoms with E-state index < -0.39 is 9.84 Å². The molecule has 19 heavy (non-hydrogen) atoms. The van der Waals surface area contributed by atoms with E-state index in [1.807, 2.05) is 13.2 Å². The van der Waals surface area contributed by atoms with E-state index in [-0.39, 0.29) is 11.9 Å². The Morgan fingerprint density at radius 1 is 1.32 bits per heavy atom. The van der Waals surface area contributed by atoms with Gasteiger partial charge < -0.3 is 4.90 Å². The molecule has 1 aromatic carbocycles. The van der Waals surface area contributed by atoms with Crippen molar-refractivity contribution in [1.29, 1.82) is 0 Å². The summed E-state index contributed by atoms with van der Waals surface area (Å²) in [7, 11) is -1.42. The number of carbonyl (C=O) groups excluding carboxylic acids is 1. The molecule has 0 radical (unpaired) electrons. The minimum atomic E-state index is -3.17. The van der Waals surface area contributed by atoms with Crippen molar-refractivity contribution in [3.05, 3.63) is 29.8 Å². The van der Waals surface area contributed by atoms with Crippen LogP contribution < -0.4 is 0 Å². The predicted octanol–water partition coefficient (Wildman–Crippen LogP) is 1.97. The van der Waals surface area contributed by atoms with Crippen molar-refractivity contribution >= 4 is 27.5 Å². The van der Waals surface area contributed by atoms with Gasteiger partial charge in [0.2, 0.25) is 5.91 Å². The number of nitrogens with zero attached hydrogens (tertiary/aromatic N) is 1. The molecule has 0 saturated carbocycles. The lowest BCUT2D eigenvalue weighted by atomic mass is 10.1. The Morgan fingerprint density at radius 2 is 1.84 bits per heavy atom. The lowest BCUT2D eigenvalue weighted by Crippen LogP contribution is -2.31. The monoisotopic (exact) mass is 301 g/mol. The molecule has 1 unspecified atom stereocenters. The summed E-state index contributed by atoms with van der Waals surface area (Å²) in [6.07, 6.45) is 3.07. The molecule has 0 aliphatic heterocycles. The molecule has 106 valence electrons. The van der Waals surface area contributed by atoms with E-state index in [9.17, 15) is 13.2 Å². The molecule has 4 nitrogen and oxygen atoms in total. The lowest BCUT2D eigenvalue weighted by Gasteiger charge is -2.25. The van der Waals surface area contributed by atoms with Crippen molar-refractivity contribution in [1.82, 2.24) is 4.90 Å². The number of carbonyl (C=O) groups is 1. The first kappa shape index (κ1) is 16.0. The molecule has 0 bridgehead atoms. The van der Waals surface area contributed by atoms with E-state index >= 15 is 0 Å². The SMILES string of the molecule is CSCC(=O)N(C)C(C)c1ccc(S(C)(=O)=O)cc1. The average Bonchev–Trinajstić information content (AvgIpc) is 2.36. The van der Waals surface area contributed by atoms with Gasteiger partial charge in [-0.25, -0.2) is 8.42 Å². The maximum absolute atomic E-state index is 11.8. The summed E-state index contributed by atoms with van der Waals surface area (Å²) in [5.41, 5.74) is 0.921. The van der Waals surface area contributed by atoms with Crippen LogP contribution in [0.3, 0.4) is 0 Å². The molecular formula is C13H19NO3S2. The average molecular weight is 301 g/mol. The van der Waals surface area contributed by atoms with Gasteiger partial charge in [-0.05, 0) is 30.9 Å². The van der Waals surface area contributed by atoms with Gasteiger partial charge in [0.25, 0.3) is 0 Å². The largest absolute Gasteiger partial charge is 0.338 e. The fraction of sp³-hybridized carbons (Fsp3) is 0.462. The molecule has 0 saturated heterocycles. The molecule has 1 aromatic rings. The molecule has 1 amide bonds. The van der Waals surface area contributed by atoms with E-state index in [0.717, 1.165) is 5.56 Å². The van der Waals surface area contributed by atoms with Crippen LogP contribution in [0.25, 0.3) is 0 Å². The van der Waals surface area contributed by atoms with Crippen molar-refractivity contribution in [3.8, 4) is 0 Å². The zero-order chi connectivity index (χ0) is 14.6. The number of hydrogen-bond acceptors (Lipinski definition) is 4. The third-order valence-electron chi connectivity index (χ3n) is 3.03. The Hall–Kier alpha value is -1.01. The number of amides is 1. The molecule has 0 aliphatic carbocycles. The van der Waals surface area contributed by atoms with Gasteiger partial charge >= 0.3 is 0 Å². The maximum atomic E-state index is 11.8. The van der Waals surface area contributed by atoms with Crippen LogP contribution in [0.5, 0.6) is 0 Å². The quantitative estimate of drug-likeness (QED) is 0.834. The minimum absolute atomic E-state index is 0.0622. The summed E-state index contributed by atoms with van der Waals surface area (Å²) in [6.45, 7) is 1.92. The first-order valence-corrected chi connectivity index (χ1v) is 9.10. The molecular weight excluding hydrogens is 282 g/mol. The summed E-state index contributed by atoms with van der Waals surface area (Å²) >= 11 is 1.49. The first-order valence-electron chi connectivity index (χ1n) is 5.82. The van der Waals surface area contributed by atoms with Gasteiger partial charge in [-0.15, -0.1) is 0 Å². The van der Waals surface area contributed by atoms with Gasteiger partial charge in [-0.2, -0.15) is 11.8 Å². The van der Waals surface area contributed by atoms with Gasteiger partial charge in [0.05, 0.1) is 16.7 Å². The second kappa shape index (κ2) is 6.43. The van der Waals surface area contributed by atoms with E-state index in [2.05, 4.69) is 0 Å². The fourth-order valence-electron chi connectivity index (χ4n) is 1.66. The van der Waals surface area contributed by atoms with Gasteiger partial charge in [-0.1, -0.05) is 12.1 Å². The highest BCUT2D eigenvalue weighted by molar-refractivity contribution is 7.99. The molecule has 0 heterocycles. The van der Waals surface area contributed by atoms with Gasteiger partial charge in [-0.3, -0.25) is 4.79 Å². The Bertz CT molecular complexity index is 538. The number of sulfone groups is 1. The second-order valence-electron chi connectivity index (χ2n) is 4.45. The van der Waals surface area contributed by atoms with Crippen LogP contribution in [-0.4, -0.2) is 44.5 Å². The summed E-state index contributed by atoms with van der Waals surface area (Å²) < 4.78 is 22.7. The van der Waals surface area contributed by atoms with E-state index in [1.54, 1.807) is 36.2 Å². The van der Waals surface area contributed by atoms with E-state index in [1.165, 1.54) is 18.0 Å². The van der Waals surface area contributed by atoms with Crippen LogP contribution >= 0.6 is 11.8 Å². The van der Waals surface area contributed by atoms with Crippen LogP contribution in [0.15, 0.2) is 29.2 Å². The third kappa shape index (κ3) is 4.24. The van der Waals surface area contributed by atoms with Crippen molar-refractivity contribution in [3.63, 3.8) is 0 Å². The standard InChI is InChI=1S/C13H19NO3S2/c1-10(14(2)13(15)9-18-3)11-5-7-12(8-6-11)19(4,16)17/h5-8,10H,9H2,1-4H3. The Labute approximate surface area is 119 Å². The third-order valence-corrected chi connectivity index (χ3v) is 4.70. The highest BCUT2D eigenvalue weighted by Crippen LogP contribution is 2.21. The lowest BCUT2D eigenvalue weighted by molar-refractivity contribution is -0.128. The number of thioether (sulfide) groups is 1. The molecule has 0 aromatic heterocycles. The van der Waals surface area contributed by atoms with Gasteiger partial charge in [0.15, 0.2) is 9.84 Å². The topological polar surface area (TPSA) is 54.5 Å². The zero-order valence-corrected chi connectivity index (χ0v) is 13.2. The zero-order valence-electron chi connectivity index (χ0n) is 11.6. The molecule has 0 fully saturated rings. The molecule has 0 N–H and O–H groups in total. The second-order valence-corrected chi connectivity index (χ2v) is 7.34. The predicted molar refractivity (Wildman–Crippen MR) is 79.1 cm³/mol. The number of rotatable bonds is 5. The smallest absolute Gasteiger partial charge is 0.232 e. The van der Waals surface area contributed by atoms with Gasteiger partial charge in [0, 0.05) is 13.3 Å². The Balaban J connectivity index is 2.89. The number of hydrogen-bond donors (Lipinski definition) is 0. The van der Waals surface area contributed by atoms with Crippen LogP contribution in [0.2, 0.25) is 0 Å². The fourth-order valence-corrected chi connectivity index (χ4v) is 2.74. The van der Waals surface area contributed by atoms with Crippen molar-refractivity contribution in [2.24, 2.45) is 0 Å². The molecule has 1 atom stereocenters. The first-order chi connectivity index (χ1) is 8.77. The molecule has 0 aliphatic rings. The maximum Gasteiger partial charge on any atom is 0.232 e. The molecule has 0 spiro atoms. The summed E-state index contributed by atoms with van der Waals surface area (Å²) in [4.78, 5) is 13.8. The van der Waals surface area contributed by atoms with Crippen molar-refractivity contribution in [2.75, 3.05) is 25.3 Å². The normalized spacial score (nSPS) is 13.1. The highest BCUT2D eigenvalue weighted by Gasteiger charge is 2.17. The Kier molecular flexibility index (Phi) is 5.43. The van der Waals surface area contributed by atoms with Crippen molar-refractivity contribution < 1.29 is 13.2 Å². The van der Waals surface area contributed by atoms with E-state index in [0.29, 0.717) is 10.6 Å². The number of benzene rings is 1. The summed E-state index contributed by atoms with van der Waals surface area (Å²) in [6, 6.07) is 6.59. The van der Waals surface area contributed by atoms with Crippen LogP contribution in [0, 0.1) is 0 Å². The van der Waals surface area contributed by atoms with Crippen molar-refractivity contribution in [2.45, 2.75) is 17.9 Å². The van der Waals surface area contributed by atoms with Crippen LogP contribution in [0.4, 0.5) is 0 Å². The van der Waals surface area contributed by atoms with E-state index in [4.69, 9.17) is 0 Å². The Morgan fingerprint density at radius 3 is 2.26 bits per heavy atom. The van der Waals surface area contributed by atoms with Crippen LogP contribution in [-0.2, 0) is 14.6 Å². The van der Waals surface area contributed by atoms with Crippen LogP contribution in [0.1, 0.15) is 18.5 Å². The summed E-state index contributed by atoms with van der Waals surface area (Å²) in [5.74, 6) is 0.509. The highest BCUT2D eigenvalue weighted by atomic mass is 32.2. The van der Waals surface area contributed by atoms with Gasteiger partial charge in [0.1, 0.15) is 0 Å². The minimum Gasteiger partial charge on any atom is -0.338 e. The molecule has 1 rings (SSSR count).